The molecule has 4 nitrogen and oxygen atoms in total. The third-order valence-corrected chi connectivity index (χ3v) is 9.00. The summed E-state index contributed by atoms with van der Waals surface area (Å²) in [5.74, 6) is -1.31. The van der Waals surface area contributed by atoms with Gasteiger partial charge in [0.15, 0.2) is 5.60 Å². The fourth-order valence-electron chi connectivity index (χ4n) is 6.03. The van der Waals surface area contributed by atoms with Crippen molar-refractivity contribution in [2.24, 2.45) is 0 Å². The van der Waals surface area contributed by atoms with Crippen LogP contribution in [0.15, 0.2) is 12.7 Å². The van der Waals surface area contributed by atoms with Crippen LogP contribution >= 0.6 is 0 Å². The molecule has 1 N–H and O–H groups in total. The molecule has 0 aliphatic heterocycles. The summed E-state index contributed by atoms with van der Waals surface area (Å²) in [7, 11) is 0. The van der Waals surface area contributed by atoms with Crippen molar-refractivity contribution in [2.75, 3.05) is 0 Å². The smallest absolute Gasteiger partial charge is 0.346 e. The molecule has 0 amide bonds. The predicted octanol–water partition coefficient (Wildman–Crippen LogP) is 12.5. The molecule has 0 radical (unpaired) electrons. The molecule has 0 aromatic carbocycles. The topological polar surface area (TPSA) is 63.6 Å². The number of aliphatic hydroxyl groups is 1. The number of carbonyl (C=O) groups is 2. The molecule has 0 aliphatic carbocycles. The van der Waals surface area contributed by atoms with Crippen LogP contribution in [0, 0.1) is 0 Å². The number of carbonyl (C=O) groups excluding carboxylic acids is 2. The van der Waals surface area contributed by atoms with Crippen LogP contribution in [0.3, 0.4) is 0 Å². The summed E-state index contributed by atoms with van der Waals surface area (Å²) >= 11 is 0. The molecule has 0 bridgehead atoms. The van der Waals surface area contributed by atoms with E-state index in [2.05, 4.69) is 20.4 Å². The third kappa shape index (κ3) is 28.1. The van der Waals surface area contributed by atoms with Gasteiger partial charge in [-0.05, 0) is 19.3 Å². The Hall–Kier alpha value is -1.16. The van der Waals surface area contributed by atoms with E-state index in [1.54, 1.807) is 6.08 Å². The molecule has 0 aliphatic rings. The molecule has 1 atom stereocenters. The second-order valence-electron chi connectivity index (χ2n) is 13.3. The molecule has 0 heterocycles. The molecule has 0 spiro atoms. The lowest BCUT2D eigenvalue weighted by Crippen LogP contribution is -2.40. The quantitative estimate of drug-likeness (QED) is 0.0342. The Morgan fingerprint density at radius 1 is 0.535 bits per heavy atom. The molecule has 4 heteroatoms. The second-order valence-corrected chi connectivity index (χ2v) is 13.3. The third-order valence-electron chi connectivity index (χ3n) is 9.00. The van der Waals surface area contributed by atoms with Crippen molar-refractivity contribution in [3.63, 3.8) is 0 Å². The van der Waals surface area contributed by atoms with Crippen LogP contribution in [-0.4, -0.2) is 22.6 Å². The maximum absolute atomic E-state index is 12.6. The van der Waals surface area contributed by atoms with Gasteiger partial charge in [-0.25, -0.2) is 4.79 Å². The van der Waals surface area contributed by atoms with Crippen molar-refractivity contribution >= 4 is 11.9 Å². The maximum atomic E-state index is 12.6. The van der Waals surface area contributed by atoms with Crippen molar-refractivity contribution in [1.29, 1.82) is 0 Å². The number of unbranched alkanes of at least 4 members (excludes halogenated alkanes) is 27. The van der Waals surface area contributed by atoms with Gasteiger partial charge in [-0.3, -0.25) is 4.79 Å². The summed E-state index contributed by atoms with van der Waals surface area (Å²) in [6.45, 7) is 8.23. The van der Waals surface area contributed by atoms with E-state index in [9.17, 15) is 14.7 Å². The predicted molar refractivity (Wildman–Crippen MR) is 185 cm³/mol. The maximum Gasteiger partial charge on any atom is 0.346 e. The van der Waals surface area contributed by atoms with Gasteiger partial charge >= 0.3 is 11.9 Å². The average Bonchev–Trinajstić information content (AvgIpc) is 2.99. The van der Waals surface area contributed by atoms with Crippen LogP contribution < -0.4 is 0 Å². The summed E-state index contributed by atoms with van der Waals surface area (Å²) in [5.41, 5.74) is -1.64. The lowest BCUT2D eigenvalue weighted by molar-refractivity contribution is -0.174. The number of ether oxygens (including phenoxy) is 1. The van der Waals surface area contributed by atoms with Crippen LogP contribution in [0.25, 0.3) is 0 Å². The Morgan fingerprint density at radius 2 is 0.837 bits per heavy atom. The zero-order valence-electron chi connectivity index (χ0n) is 29.1. The molecular weight excluding hydrogens is 532 g/mol. The van der Waals surface area contributed by atoms with E-state index in [1.165, 1.54) is 148 Å². The lowest BCUT2D eigenvalue weighted by atomic mass is 9.92. The van der Waals surface area contributed by atoms with Crippen LogP contribution in [-0.2, 0) is 14.3 Å². The van der Waals surface area contributed by atoms with Gasteiger partial charge < -0.3 is 9.84 Å². The lowest BCUT2D eigenvalue weighted by Gasteiger charge is -2.24. The van der Waals surface area contributed by atoms with Crippen LogP contribution in [0.5, 0.6) is 0 Å². The molecule has 0 saturated heterocycles. The fourth-order valence-corrected chi connectivity index (χ4v) is 6.03. The normalized spacial score (nSPS) is 12.7. The van der Waals surface area contributed by atoms with E-state index in [1.807, 2.05) is 0 Å². The zero-order valence-corrected chi connectivity index (χ0v) is 29.1. The van der Waals surface area contributed by atoms with E-state index in [-0.39, 0.29) is 12.8 Å². The fraction of sp³-hybridized carbons (Fsp3) is 0.897. The minimum atomic E-state index is -1.64. The molecule has 254 valence electrons. The largest absolute Gasteiger partial charge is 0.391 e. The first-order valence-corrected chi connectivity index (χ1v) is 19.1. The zero-order chi connectivity index (χ0) is 31.7. The van der Waals surface area contributed by atoms with Gasteiger partial charge in [0.1, 0.15) is 0 Å². The number of rotatable bonds is 34. The summed E-state index contributed by atoms with van der Waals surface area (Å²) in [6.07, 6.45) is 38.9. The van der Waals surface area contributed by atoms with Gasteiger partial charge in [0.25, 0.3) is 0 Å². The average molecular weight is 607 g/mol. The van der Waals surface area contributed by atoms with Crippen molar-refractivity contribution < 1.29 is 19.4 Å². The molecular formula is C39H74O4. The SMILES string of the molecule is C=CCC(O)(CCCCCCCCCCCCCCCC)C(=O)OC(=O)CCCCCCCCCCCCCCCCC. The number of hydrogen-bond donors (Lipinski definition) is 1. The van der Waals surface area contributed by atoms with E-state index >= 15 is 0 Å². The standard InChI is InChI=1S/C39H74O4/c1-4-7-9-11-13-15-17-19-21-22-24-26-28-30-32-34-37(40)43-38(41)39(42,35-6-3)36-33-31-29-27-25-23-20-18-16-14-12-10-8-5-2/h6,42H,3-5,7-36H2,1-2H3. The van der Waals surface area contributed by atoms with E-state index in [0.717, 1.165) is 38.5 Å². The van der Waals surface area contributed by atoms with Crippen molar-refractivity contribution in [3.8, 4) is 0 Å². The van der Waals surface area contributed by atoms with Gasteiger partial charge in [-0.2, -0.15) is 0 Å². The monoisotopic (exact) mass is 607 g/mol. The van der Waals surface area contributed by atoms with Crippen LogP contribution in [0.1, 0.15) is 219 Å². The minimum absolute atomic E-state index is 0.122. The summed E-state index contributed by atoms with van der Waals surface area (Å²) < 4.78 is 5.08. The summed E-state index contributed by atoms with van der Waals surface area (Å²) in [6, 6.07) is 0. The van der Waals surface area contributed by atoms with Gasteiger partial charge in [0.2, 0.25) is 0 Å². The second kappa shape index (κ2) is 32.2. The molecule has 0 aromatic heterocycles. The molecule has 0 fully saturated rings. The first-order chi connectivity index (χ1) is 21.0. The highest BCUT2D eigenvalue weighted by Gasteiger charge is 2.37. The Kier molecular flexibility index (Phi) is 31.4. The molecule has 0 aromatic rings. The Bertz CT molecular complexity index is 631. The van der Waals surface area contributed by atoms with Crippen molar-refractivity contribution in [2.45, 2.75) is 225 Å². The van der Waals surface area contributed by atoms with Crippen LogP contribution in [0.2, 0.25) is 0 Å². The highest BCUT2D eigenvalue weighted by atomic mass is 16.6. The van der Waals surface area contributed by atoms with E-state index in [0.29, 0.717) is 6.42 Å². The van der Waals surface area contributed by atoms with E-state index in [4.69, 9.17) is 4.74 Å². The van der Waals surface area contributed by atoms with Crippen LogP contribution in [0.4, 0.5) is 0 Å². The molecule has 1 unspecified atom stereocenters. The van der Waals surface area contributed by atoms with Crippen molar-refractivity contribution in [1.82, 2.24) is 0 Å². The first-order valence-electron chi connectivity index (χ1n) is 19.1. The molecule has 0 saturated carbocycles. The number of esters is 2. The number of hydrogen-bond acceptors (Lipinski definition) is 4. The molecule has 0 rings (SSSR count). The van der Waals surface area contributed by atoms with Crippen molar-refractivity contribution in [3.05, 3.63) is 12.7 Å². The highest BCUT2D eigenvalue weighted by Crippen LogP contribution is 2.23. The van der Waals surface area contributed by atoms with Gasteiger partial charge in [-0.15, -0.1) is 6.58 Å². The highest BCUT2D eigenvalue weighted by molar-refractivity contribution is 5.90. The Labute approximate surface area is 268 Å². The molecule has 43 heavy (non-hydrogen) atoms. The first kappa shape index (κ1) is 41.8. The van der Waals surface area contributed by atoms with Gasteiger partial charge in [0.05, 0.1) is 0 Å². The minimum Gasteiger partial charge on any atom is -0.391 e. The Morgan fingerprint density at radius 3 is 1.16 bits per heavy atom. The Balaban J connectivity index is 3.78. The van der Waals surface area contributed by atoms with Gasteiger partial charge in [0, 0.05) is 12.8 Å². The van der Waals surface area contributed by atoms with Gasteiger partial charge in [-0.1, -0.05) is 193 Å². The summed E-state index contributed by atoms with van der Waals surface area (Å²) in [4.78, 5) is 24.9. The van der Waals surface area contributed by atoms with E-state index < -0.39 is 17.5 Å². The summed E-state index contributed by atoms with van der Waals surface area (Å²) in [5, 5.41) is 10.9.